The Balaban J connectivity index is 2.45. The van der Waals surface area contributed by atoms with E-state index < -0.39 is 0 Å². The minimum atomic E-state index is 0.0704. The average molecular weight is 316 g/mol. The highest BCUT2D eigenvalue weighted by atomic mass is 79.9. The number of imidazole rings is 1. The van der Waals surface area contributed by atoms with Gasteiger partial charge in [-0.25, -0.2) is 4.98 Å². The fourth-order valence-electron chi connectivity index (χ4n) is 1.64. The van der Waals surface area contributed by atoms with Crippen LogP contribution in [0.15, 0.2) is 28.7 Å². The predicted octanol–water partition coefficient (Wildman–Crippen LogP) is 3.04. The zero-order valence-corrected chi connectivity index (χ0v) is 11.7. The summed E-state index contributed by atoms with van der Waals surface area (Å²) in [5, 5.41) is 9.54. The second-order valence-corrected chi connectivity index (χ2v) is 4.98. The van der Waals surface area contributed by atoms with Gasteiger partial charge in [0.2, 0.25) is 0 Å². The van der Waals surface area contributed by atoms with E-state index >= 15 is 0 Å². The molecular weight excluding hydrogens is 304 g/mol. The number of hydrogen-bond donors (Lipinski definition) is 1. The first-order valence-corrected chi connectivity index (χ1v) is 6.38. The van der Waals surface area contributed by atoms with Gasteiger partial charge in [-0.15, -0.1) is 0 Å². The number of rotatable bonds is 3. The maximum Gasteiger partial charge on any atom is 0.136 e. The monoisotopic (exact) mass is 314 g/mol. The van der Waals surface area contributed by atoms with Crippen LogP contribution >= 0.6 is 27.5 Å². The third-order valence-corrected chi connectivity index (χ3v) is 3.53. The van der Waals surface area contributed by atoms with Crippen molar-refractivity contribution < 1.29 is 5.11 Å². The van der Waals surface area contributed by atoms with E-state index in [0.29, 0.717) is 11.6 Å². The van der Waals surface area contributed by atoms with Crippen molar-refractivity contribution in [3.8, 4) is 11.3 Å². The topological polar surface area (TPSA) is 38.0 Å². The van der Waals surface area contributed by atoms with Crippen LogP contribution in [-0.4, -0.2) is 21.3 Å². The van der Waals surface area contributed by atoms with Gasteiger partial charge in [0.25, 0.3) is 0 Å². The predicted molar refractivity (Wildman–Crippen MR) is 72.1 cm³/mol. The molecule has 0 fully saturated rings. The number of hydrogen-bond acceptors (Lipinski definition) is 2. The summed E-state index contributed by atoms with van der Waals surface area (Å²) in [5.41, 5.74) is 1.73. The highest BCUT2D eigenvalue weighted by Crippen LogP contribution is 2.28. The van der Waals surface area contributed by atoms with Crippen LogP contribution in [0.2, 0.25) is 5.15 Å². The zero-order valence-electron chi connectivity index (χ0n) is 9.32. The van der Waals surface area contributed by atoms with Crippen LogP contribution in [0.25, 0.3) is 11.3 Å². The molecule has 0 bridgehead atoms. The molecule has 1 N–H and O–H groups in total. The fraction of sp³-hybridized carbons (Fsp3) is 0.250. The molecule has 5 heteroatoms. The lowest BCUT2D eigenvalue weighted by Crippen LogP contribution is -2.00. The second-order valence-electron chi connectivity index (χ2n) is 3.71. The van der Waals surface area contributed by atoms with Crippen LogP contribution in [-0.2, 0) is 13.5 Å². The van der Waals surface area contributed by atoms with Gasteiger partial charge in [-0.2, -0.15) is 0 Å². The Morgan fingerprint density at radius 3 is 2.59 bits per heavy atom. The Morgan fingerprint density at radius 1 is 1.35 bits per heavy atom. The summed E-state index contributed by atoms with van der Waals surface area (Å²) in [6.45, 7) is 0.0704. The molecule has 0 spiro atoms. The Bertz CT molecular complexity index is 522. The maximum atomic E-state index is 8.95. The van der Waals surface area contributed by atoms with Crippen molar-refractivity contribution >= 4 is 27.5 Å². The van der Waals surface area contributed by atoms with Crippen molar-refractivity contribution in [1.29, 1.82) is 0 Å². The molecule has 1 aromatic carbocycles. The highest BCUT2D eigenvalue weighted by molar-refractivity contribution is 9.10. The van der Waals surface area contributed by atoms with Crippen LogP contribution in [0.5, 0.6) is 0 Å². The van der Waals surface area contributed by atoms with Crippen LogP contribution < -0.4 is 0 Å². The van der Waals surface area contributed by atoms with Gasteiger partial charge in [0.05, 0.1) is 6.61 Å². The van der Waals surface area contributed by atoms with E-state index in [0.717, 1.165) is 21.6 Å². The van der Waals surface area contributed by atoms with Crippen LogP contribution in [0, 0.1) is 0 Å². The lowest BCUT2D eigenvalue weighted by molar-refractivity contribution is 0.295. The van der Waals surface area contributed by atoms with E-state index in [1.54, 1.807) is 4.57 Å². The molecule has 2 rings (SSSR count). The number of aromatic nitrogens is 2. The fourth-order valence-corrected chi connectivity index (χ4v) is 2.15. The van der Waals surface area contributed by atoms with Gasteiger partial charge >= 0.3 is 0 Å². The molecule has 0 aliphatic carbocycles. The zero-order chi connectivity index (χ0) is 12.4. The van der Waals surface area contributed by atoms with E-state index in [4.69, 9.17) is 16.7 Å². The van der Waals surface area contributed by atoms with Crippen molar-refractivity contribution in [2.75, 3.05) is 6.61 Å². The molecule has 0 saturated heterocycles. The van der Waals surface area contributed by atoms with Gasteiger partial charge in [-0.1, -0.05) is 39.7 Å². The van der Waals surface area contributed by atoms with Crippen LogP contribution in [0.4, 0.5) is 0 Å². The number of aliphatic hydroxyl groups is 1. The molecule has 0 amide bonds. The number of benzene rings is 1. The molecule has 0 saturated carbocycles. The summed E-state index contributed by atoms with van der Waals surface area (Å²) in [5.74, 6) is 0.787. The lowest BCUT2D eigenvalue weighted by Gasteiger charge is -1.99. The molecule has 2 aromatic rings. The van der Waals surface area contributed by atoms with Gasteiger partial charge in [0.15, 0.2) is 0 Å². The summed E-state index contributed by atoms with van der Waals surface area (Å²) in [7, 11) is 1.85. The van der Waals surface area contributed by atoms with Gasteiger partial charge in [0.1, 0.15) is 16.7 Å². The molecule has 0 unspecified atom stereocenters. The first-order valence-electron chi connectivity index (χ1n) is 5.21. The Morgan fingerprint density at radius 2 is 2.00 bits per heavy atom. The molecule has 90 valence electrons. The number of aliphatic hydroxyl groups excluding tert-OH is 1. The van der Waals surface area contributed by atoms with Crippen LogP contribution in [0.1, 0.15) is 5.82 Å². The Hall–Kier alpha value is -0.840. The molecule has 1 heterocycles. The second kappa shape index (κ2) is 5.21. The first-order chi connectivity index (χ1) is 8.13. The molecular formula is C12H12BrClN2O. The van der Waals surface area contributed by atoms with E-state index in [9.17, 15) is 0 Å². The summed E-state index contributed by atoms with van der Waals surface area (Å²) >= 11 is 9.62. The molecule has 17 heavy (non-hydrogen) atoms. The minimum Gasteiger partial charge on any atom is -0.396 e. The maximum absolute atomic E-state index is 8.95. The van der Waals surface area contributed by atoms with Gasteiger partial charge < -0.3 is 9.67 Å². The Labute approximate surface area is 113 Å². The first kappa shape index (κ1) is 12.6. The SMILES string of the molecule is Cn1c(CCO)nc(-c2ccc(Br)cc2)c1Cl. The van der Waals surface area contributed by atoms with Gasteiger partial charge in [0, 0.05) is 23.5 Å². The van der Waals surface area contributed by atoms with Gasteiger partial charge in [-0.05, 0) is 12.1 Å². The molecule has 0 aliphatic heterocycles. The van der Waals surface area contributed by atoms with Crippen molar-refractivity contribution in [3.63, 3.8) is 0 Å². The Kier molecular flexibility index (Phi) is 3.86. The number of halogens is 2. The minimum absolute atomic E-state index is 0.0704. The standard InChI is InChI=1S/C12H12BrClN2O/c1-16-10(6-7-17)15-11(12(16)14)8-2-4-9(13)5-3-8/h2-5,17H,6-7H2,1H3. The summed E-state index contributed by atoms with van der Waals surface area (Å²) in [6.07, 6.45) is 0.507. The summed E-state index contributed by atoms with van der Waals surface area (Å²) < 4.78 is 2.82. The highest BCUT2D eigenvalue weighted by Gasteiger charge is 2.13. The van der Waals surface area contributed by atoms with Crippen molar-refractivity contribution in [2.24, 2.45) is 7.05 Å². The van der Waals surface area contributed by atoms with Crippen molar-refractivity contribution in [2.45, 2.75) is 6.42 Å². The third kappa shape index (κ3) is 2.54. The van der Waals surface area contributed by atoms with E-state index in [1.807, 2.05) is 31.3 Å². The average Bonchev–Trinajstić information content (AvgIpc) is 2.59. The van der Waals surface area contributed by atoms with Crippen molar-refractivity contribution in [1.82, 2.24) is 9.55 Å². The van der Waals surface area contributed by atoms with E-state index in [2.05, 4.69) is 20.9 Å². The molecule has 1 aromatic heterocycles. The molecule has 0 atom stereocenters. The lowest BCUT2D eigenvalue weighted by atomic mass is 10.2. The normalized spacial score (nSPS) is 10.8. The number of nitrogens with zero attached hydrogens (tertiary/aromatic N) is 2. The molecule has 3 nitrogen and oxygen atoms in total. The quantitative estimate of drug-likeness (QED) is 0.945. The van der Waals surface area contributed by atoms with E-state index in [-0.39, 0.29) is 6.61 Å². The molecule has 0 aliphatic rings. The largest absolute Gasteiger partial charge is 0.396 e. The molecule has 0 radical (unpaired) electrons. The van der Waals surface area contributed by atoms with Crippen LogP contribution in [0.3, 0.4) is 0 Å². The van der Waals surface area contributed by atoms with E-state index in [1.165, 1.54) is 0 Å². The van der Waals surface area contributed by atoms with Crippen molar-refractivity contribution in [3.05, 3.63) is 39.7 Å². The summed E-state index contributed by atoms with van der Waals surface area (Å²) in [6, 6.07) is 7.82. The van der Waals surface area contributed by atoms with Gasteiger partial charge in [-0.3, -0.25) is 0 Å². The smallest absolute Gasteiger partial charge is 0.136 e. The third-order valence-electron chi connectivity index (χ3n) is 2.57. The summed E-state index contributed by atoms with van der Waals surface area (Å²) in [4.78, 5) is 4.45.